The largest absolute Gasteiger partial charge is 0.497 e. The predicted octanol–water partition coefficient (Wildman–Crippen LogP) is 3.84. The minimum absolute atomic E-state index is 0.189. The number of carbonyl (C=O) groups is 1. The van der Waals surface area contributed by atoms with Crippen molar-refractivity contribution in [3.8, 4) is 28.7 Å². The number of methoxy groups -OCH3 is 5. The first kappa shape index (κ1) is 22.9. The summed E-state index contributed by atoms with van der Waals surface area (Å²) >= 11 is 0. The van der Waals surface area contributed by atoms with E-state index in [-0.39, 0.29) is 18.2 Å². The van der Waals surface area contributed by atoms with Crippen molar-refractivity contribution < 1.29 is 32.9 Å². The molecule has 0 aliphatic rings. The molecule has 0 fully saturated rings. The molecule has 0 aliphatic carbocycles. The standard InChI is InChI=1S/C24H27NO7/c1-27-16-6-8-20(29-3)15(10-16)11-17-7-9-21(32-17)24(26)25-14-19-22(30-4)12-18(28-2)13-23(19)31-5/h6-10,12-13H,11,14H2,1-5H3,(H,25,26). The lowest BCUT2D eigenvalue weighted by Crippen LogP contribution is -2.23. The van der Waals surface area contributed by atoms with Gasteiger partial charge in [0.05, 0.1) is 47.7 Å². The highest BCUT2D eigenvalue weighted by Gasteiger charge is 2.17. The number of hydrogen-bond donors (Lipinski definition) is 1. The number of hydrogen-bond acceptors (Lipinski definition) is 7. The molecule has 3 aromatic rings. The molecule has 170 valence electrons. The molecule has 0 bridgehead atoms. The summed E-state index contributed by atoms with van der Waals surface area (Å²) in [6.45, 7) is 0.189. The summed E-state index contributed by atoms with van der Waals surface area (Å²) in [5.41, 5.74) is 1.58. The Bertz CT molecular complexity index is 1050. The second kappa shape index (κ2) is 10.5. The first-order valence-electron chi connectivity index (χ1n) is 9.89. The number of carbonyl (C=O) groups excluding carboxylic acids is 1. The maximum atomic E-state index is 12.7. The van der Waals surface area contributed by atoms with Gasteiger partial charge in [-0.1, -0.05) is 0 Å². The predicted molar refractivity (Wildman–Crippen MR) is 118 cm³/mol. The maximum Gasteiger partial charge on any atom is 0.287 e. The fourth-order valence-electron chi connectivity index (χ4n) is 3.31. The number of rotatable bonds is 10. The molecular weight excluding hydrogens is 414 g/mol. The molecule has 0 spiro atoms. The molecule has 0 unspecified atom stereocenters. The number of nitrogens with one attached hydrogen (secondary N) is 1. The molecule has 2 aromatic carbocycles. The van der Waals surface area contributed by atoms with E-state index in [1.165, 1.54) is 0 Å². The number of furan rings is 1. The van der Waals surface area contributed by atoms with Gasteiger partial charge in [-0.05, 0) is 30.3 Å². The molecule has 0 saturated heterocycles. The molecule has 0 aliphatic heterocycles. The molecule has 1 N–H and O–H groups in total. The fraction of sp³-hybridized carbons (Fsp3) is 0.292. The smallest absolute Gasteiger partial charge is 0.287 e. The van der Waals surface area contributed by atoms with Crippen LogP contribution in [0.15, 0.2) is 46.9 Å². The average molecular weight is 441 g/mol. The van der Waals surface area contributed by atoms with E-state index in [0.717, 1.165) is 5.56 Å². The summed E-state index contributed by atoms with van der Waals surface area (Å²) < 4.78 is 32.6. The third kappa shape index (κ3) is 5.08. The minimum atomic E-state index is -0.353. The van der Waals surface area contributed by atoms with Gasteiger partial charge in [0, 0.05) is 24.1 Å². The van der Waals surface area contributed by atoms with Gasteiger partial charge < -0.3 is 33.4 Å². The number of ether oxygens (including phenoxy) is 5. The molecular formula is C24H27NO7. The van der Waals surface area contributed by atoms with Gasteiger partial charge in [0.2, 0.25) is 0 Å². The highest BCUT2D eigenvalue weighted by molar-refractivity contribution is 5.91. The fourth-order valence-corrected chi connectivity index (χ4v) is 3.31. The Morgan fingerprint density at radius 1 is 0.781 bits per heavy atom. The van der Waals surface area contributed by atoms with Crippen LogP contribution in [0, 0.1) is 0 Å². The zero-order valence-electron chi connectivity index (χ0n) is 18.8. The summed E-state index contributed by atoms with van der Waals surface area (Å²) in [6.07, 6.45) is 0.452. The molecule has 1 heterocycles. The van der Waals surface area contributed by atoms with Crippen LogP contribution in [-0.4, -0.2) is 41.5 Å². The zero-order valence-corrected chi connectivity index (χ0v) is 18.8. The maximum absolute atomic E-state index is 12.7. The van der Waals surface area contributed by atoms with Crippen LogP contribution in [-0.2, 0) is 13.0 Å². The van der Waals surface area contributed by atoms with E-state index in [1.807, 2.05) is 18.2 Å². The van der Waals surface area contributed by atoms with E-state index >= 15 is 0 Å². The van der Waals surface area contributed by atoms with Gasteiger partial charge in [-0.25, -0.2) is 0 Å². The second-order valence-corrected chi connectivity index (χ2v) is 6.81. The lowest BCUT2D eigenvalue weighted by molar-refractivity contribution is 0.0921. The summed E-state index contributed by atoms with van der Waals surface area (Å²) in [6, 6.07) is 12.4. The van der Waals surface area contributed by atoms with E-state index in [0.29, 0.717) is 46.5 Å². The summed E-state index contributed by atoms with van der Waals surface area (Å²) in [5.74, 6) is 3.60. The van der Waals surface area contributed by atoms with Gasteiger partial charge in [-0.2, -0.15) is 0 Å². The molecule has 1 aromatic heterocycles. The van der Waals surface area contributed by atoms with Crippen LogP contribution in [0.4, 0.5) is 0 Å². The molecule has 8 nitrogen and oxygen atoms in total. The Morgan fingerprint density at radius 2 is 1.44 bits per heavy atom. The van der Waals surface area contributed by atoms with Crippen molar-refractivity contribution in [2.75, 3.05) is 35.5 Å². The second-order valence-electron chi connectivity index (χ2n) is 6.81. The van der Waals surface area contributed by atoms with Crippen molar-refractivity contribution in [2.45, 2.75) is 13.0 Å². The topological polar surface area (TPSA) is 88.4 Å². The van der Waals surface area contributed by atoms with Gasteiger partial charge in [-0.3, -0.25) is 4.79 Å². The highest BCUT2D eigenvalue weighted by atomic mass is 16.5. The summed E-state index contributed by atoms with van der Waals surface area (Å²) in [5, 5.41) is 2.84. The van der Waals surface area contributed by atoms with Crippen molar-refractivity contribution in [1.82, 2.24) is 5.32 Å². The van der Waals surface area contributed by atoms with Crippen molar-refractivity contribution in [3.05, 3.63) is 65.1 Å². The number of amides is 1. The third-order valence-electron chi connectivity index (χ3n) is 4.98. The Balaban J connectivity index is 1.72. The van der Waals surface area contributed by atoms with E-state index < -0.39 is 0 Å². The Kier molecular flexibility index (Phi) is 7.49. The Labute approximate surface area is 187 Å². The van der Waals surface area contributed by atoms with Crippen molar-refractivity contribution in [1.29, 1.82) is 0 Å². The van der Waals surface area contributed by atoms with Crippen LogP contribution in [0.2, 0.25) is 0 Å². The van der Waals surface area contributed by atoms with Gasteiger partial charge >= 0.3 is 0 Å². The van der Waals surface area contributed by atoms with Crippen molar-refractivity contribution >= 4 is 5.91 Å². The van der Waals surface area contributed by atoms with Crippen LogP contribution in [0.25, 0.3) is 0 Å². The van der Waals surface area contributed by atoms with E-state index in [2.05, 4.69) is 5.32 Å². The van der Waals surface area contributed by atoms with Crippen LogP contribution < -0.4 is 29.0 Å². The first-order chi connectivity index (χ1) is 15.5. The van der Waals surface area contributed by atoms with Crippen LogP contribution in [0.1, 0.15) is 27.4 Å². The van der Waals surface area contributed by atoms with Gasteiger partial charge in [0.1, 0.15) is 34.5 Å². The Hall–Kier alpha value is -3.81. The molecule has 0 radical (unpaired) electrons. The minimum Gasteiger partial charge on any atom is -0.497 e. The van der Waals surface area contributed by atoms with Crippen LogP contribution in [0.5, 0.6) is 28.7 Å². The van der Waals surface area contributed by atoms with E-state index in [9.17, 15) is 4.79 Å². The lowest BCUT2D eigenvalue weighted by atomic mass is 10.1. The van der Waals surface area contributed by atoms with Crippen molar-refractivity contribution in [2.24, 2.45) is 0 Å². The average Bonchev–Trinajstić information content (AvgIpc) is 3.30. The summed E-state index contributed by atoms with van der Waals surface area (Å²) in [4.78, 5) is 12.7. The van der Waals surface area contributed by atoms with E-state index in [1.54, 1.807) is 59.8 Å². The third-order valence-corrected chi connectivity index (χ3v) is 4.98. The quantitative estimate of drug-likeness (QED) is 0.511. The highest BCUT2D eigenvalue weighted by Crippen LogP contribution is 2.34. The van der Waals surface area contributed by atoms with Gasteiger partial charge in [0.25, 0.3) is 5.91 Å². The molecule has 0 atom stereocenters. The molecule has 8 heteroatoms. The zero-order chi connectivity index (χ0) is 23.1. The van der Waals surface area contributed by atoms with E-state index in [4.69, 9.17) is 28.1 Å². The van der Waals surface area contributed by atoms with Crippen LogP contribution >= 0.6 is 0 Å². The molecule has 1 amide bonds. The van der Waals surface area contributed by atoms with Gasteiger partial charge in [-0.15, -0.1) is 0 Å². The van der Waals surface area contributed by atoms with Gasteiger partial charge in [0.15, 0.2) is 5.76 Å². The molecule has 32 heavy (non-hydrogen) atoms. The Morgan fingerprint density at radius 3 is 2.03 bits per heavy atom. The van der Waals surface area contributed by atoms with Crippen molar-refractivity contribution in [3.63, 3.8) is 0 Å². The molecule has 0 saturated carbocycles. The van der Waals surface area contributed by atoms with Crippen LogP contribution in [0.3, 0.4) is 0 Å². The summed E-state index contributed by atoms with van der Waals surface area (Å²) in [7, 11) is 7.86. The molecule has 3 rings (SSSR count). The first-order valence-corrected chi connectivity index (χ1v) is 9.89. The normalized spacial score (nSPS) is 10.4. The lowest BCUT2D eigenvalue weighted by Gasteiger charge is -2.15. The SMILES string of the molecule is COc1ccc(OC)c(Cc2ccc(C(=O)NCc3c(OC)cc(OC)cc3OC)o2)c1. The monoisotopic (exact) mass is 441 g/mol. The number of benzene rings is 2.